The third kappa shape index (κ3) is 6.10. The molecule has 0 aromatic heterocycles. The Morgan fingerprint density at radius 2 is 1.00 bits per heavy atom. The van der Waals surface area contributed by atoms with Crippen LogP contribution in [0.2, 0.25) is 0 Å². The maximum Gasteiger partial charge on any atom is 2.00 e. The van der Waals surface area contributed by atoms with Gasteiger partial charge in [0.15, 0.2) is 0 Å². The molecule has 0 saturated carbocycles. The molecule has 0 aliphatic rings. The summed E-state index contributed by atoms with van der Waals surface area (Å²) in [5, 5.41) is 16.9. The molecule has 2 rings (SSSR count). The number of phenols is 2. The molecule has 0 heterocycles. The number of aromatic hydroxyl groups is 2. The largest absolute Gasteiger partial charge is 2.00 e. The van der Waals surface area contributed by atoms with E-state index in [0.717, 1.165) is 0 Å². The van der Waals surface area contributed by atoms with E-state index in [-0.39, 0.29) is 39.7 Å². The van der Waals surface area contributed by atoms with Crippen molar-refractivity contribution in [2.24, 2.45) is 0 Å². The van der Waals surface area contributed by atoms with Gasteiger partial charge in [0.25, 0.3) is 0 Å². The molecular weight excluding hydrogens is 351 g/mol. The van der Waals surface area contributed by atoms with Gasteiger partial charge in [0.05, 0.1) is 0 Å². The molecule has 0 atom stereocenters. The van der Waals surface area contributed by atoms with Crippen molar-refractivity contribution in [3.63, 3.8) is 0 Å². The number of carbonyl (C=O) groups is 2. The molecule has 0 saturated heterocycles. The molecule has 109 valence electrons. The van der Waals surface area contributed by atoms with Crippen LogP contribution < -0.4 is 0 Å². The van der Waals surface area contributed by atoms with Crippen molar-refractivity contribution in [1.29, 1.82) is 0 Å². The van der Waals surface area contributed by atoms with Crippen molar-refractivity contribution in [2.45, 2.75) is 0 Å². The van der Waals surface area contributed by atoms with Gasteiger partial charge < -0.3 is 45.1 Å². The monoisotopic (exact) mass is 361 g/mol. The fourth-order valence-electron chi connectivity index (χ4n) is 1.29. The van der Waals surface area contributed by atoms with Gasteiger partial charge in [-0.05, 0) is 24.3 Å². The van der Waals surface area contributed by atoms with Crippen molar-refractivity contribution in [1.82, 2.24) is 0 Å². The van der Waals surface area contributed by atoms with E-state index in [1.807, 2.05) is 0 Å². The molecule has 0 fully saturated rings. The smallest absolute Gasteiger partial charge is 0.737 e. The molecule has 0 aliphatic carbocycles. The zero-order chi connectivity index (χ0) is 15.1. The second-order valence-electron chi connectivity index (χ2n) is 3.61. The summed E-state index contributed by atoms with van der Waals surface area (Å²) in [7, 11) is 0. The van der Waals surface area contributed by atoms with Crippen molar-refractivity contribution < 1.29 is 36.9 Å². The van der Waals surface area contributed by atoms with Crippen molar-refractivity contribution in [3.05, 3.63) is 59.7 Å². The van der Waals surface area contributed by atoms with Crippen LogP contribution in [-0.2, 0) is 42.3 Å². The van der Waals surface area contributed by atoms with Crippen molar-refractivity contribution in [3.8, 4) is 11.5 Å². The number of hydrogen-bond acceptors (Lipinski definition) is 6. The van der Waals surface area contributed by atoms with Gasteiger partial charge in [-0.3, -0.25) is 0 Å². The predicted octanol–water partition coefficient (Wildman–Crippen LogP) is 2.16. The summed E-state index contributed by atoms with van der Waals surface area (Å²) in [5.41, 5.74) is 0.384. The number of hydrogen-bond donors (Lipinski definition) is 2. The minimum absolute atomic E-state index is 0. The van der Waals surface area contributed by atoms with Crippen LogP contribution in [0.25, 0.3) is 0 Å². The molecule has 0 bridgehead atoms. The van der Waals surface area contributed by atoms with Crippen LogP contribution in [0.3, 0.4) is 0 Å². The molecule has 0 aliphatic heterocycles. The Bertz CT molecular complexity index is 576. The van der Waals surface area contributed by atoms with Crippen LogP contribution in [0.4, 0.5) is 0 Å². The molecule has 2 N–H and O–H groups in total. The molecule has 0 amide bonds. The van der Waals surface area contributed by atoms with E-state index >= 15 is 0 Å². The number of phenolic OH excluding ortho intramolecular Hbond substituents is 2. The molecule has 0 spiro atoms. The summed E-state index contributed by atoms with van der Waals surface area (Å²) in [4.78, 5) is 21.0. The molecule has 2 aromatic rings. The van der Waals surface area contributed by atoms with Crippen molar-refractivity contribution >= 4 is 35.5 Å². The van der Waals surface area contributed by atoms with Gasteiger partial charge in [0.2, 0.25) is 0 Å². The SMILES string of the molecule is O=C([S-])c1ccccc1O.O=C([S-])c1ccccc1O.[Mn+2]. The maximum atomic E-state index is 10.5. The fraction of sp³-hybridized carbons (Fsp3) is 0. The standard InChI is InChI=1S/2C7H6O2S.Mn/c2*8-6-4-2-1-3-5(6)7(9)10;/h2*1-4,8H,(H,9,10);/q;;+2/p-2. The summed E-state index contributed by atoms with van der Waals surface area (Å²) < 4.78 is 0. The third-order valence-corrected chi connectivity index (χ3v) is 2.69. The van der Waals surface area contributed by atoms with E-state index in [2.05, 4.69) is 25.3 Å². The molecule has 7 heteroatoms. The van der Waals surface area contributed by atoms with Crippen molar-refractivity contribution in [2.75, 3.05) is 0 Å². The average Bonchev–Trinajstić information content (AvgIpc) is 2.40. The molecule has 21 heavy (non-hydrogen) atoms. The minimum atomic E-state index is -0.530. The van der Waals surface area contributed by atoms with Crippen LogP contribution in [0.1, 0.15) is 20.7 Å². The topological polar surface area (TPSA) is 74.6 Å². The Morgan fingerprint density at radius 1 is 0.714 bits per heavy atom. The normalized spacial score (nSPS) is 8.76. The first kappa shape index (κ1) is 19.3. The molecule has 1 radical (unpaired) electrons. The Morgan fingerprint density at radius 3 is 1.19 bits per heavy atom. The van der Waals surface area contributed by atoms with E-state index < -0.39 is 10.2 Å². The molecule has 4 nitrogen and oxygen atoms in total. The van der Waals surface area contributed by atoms with E-state index in [4.69, 9.17) is 10.2 Å². The van der Waals surface area contributed by atoms with E-state index in [0.29, 0.717) is 0 Å². The van der Waals surface area contributed by atoms with Crippen LogP contribution in [0.5, 0.6) is 11.5 Å². The first-order chi connectivity index (χ1) is 9.43. The number of rotatable bonds is 2. The first-order valence-electron chi connectivity index (χ1n) is 5.42. The van der Waals surface area contributed by atoms with Crippen LogP contribution >= 0.6 is 0 Å². The van der Waals surface area contributed by atoms with E-state index in [1.165, 1.54) is 24.3 Å². The summed E-state index contributed by atoms with van der Waals surface area (Å²) in [6.45, 7) is 0. The maximum absolute atomic E-state index is 10.5. The first-order valence-corrected chi connectivity index (χ1v) is 6.23. The van der Waals surface area contributed by atoms with E-state index in [9.17, 15) is 9.59 Å². The Hall–Kier alpha value is -1.66. The Labute approximate surface area is 143 Å². The van der Waals surface area contributed by atoms with Crippen LogP contribution in [0, 0.1) is 0 Å². The van der Waals surface area contributed by atoms with Gasteiger partial charge in [-0.15, -0.1) is 0 Å². The van der Waals surface area contributed by atoms with Gasteiger partial charge in [-0.25, -0.2) is 0 Å². The van der Waals surface area contributed by atoms with Gasteiger partial charge in [0, 0.05) is 21.4 Å². The van der Waals surface area contributed by atoms with Crippen LogP contribution in [0.15, 0.2) is 48.5 Å². The number of carbonyl (C=O) groups excluding carboxylic acids is 2. The summed E-state index contributed by atoms with van der Waals surface area (Å²) >= 11 is 8.67. The number of benzene rings is 2. The van der Waals surface area contributed by atoms with Gasteiger partial charge in [-0.1, -0.05) is 24.3 Å². The Balaban J connectivity index is 0.000000364. The van der Waals surface area contributed by atoms with E-state index in [1.54, 1.807) is 24.3 Å². The Kier molecular flexibility index (Phi) is 8.57. The zero-order valence-electron chi connectivity index (χ0n) is 10.5. The quantitative estimate of drug-likeness (QED) is 0.631. The fourth-order valence-corrected chi connectivity index (χ4v) is 1.64. The average molecular weight is 361 g/mol. The molecule has 0 unspecified atom stereocenters. The molecule has 2 aromatic carbocycles. The summed E-state index contributed by atoms with van der Waals surface area (Å²) in [6, 6.07) is 12.4. The zero-order valence-corrected chi connectivity index (χ0v) is 13.3. The van der Waals surface area contributed by atoms with Gasteiger partial charge in [-0.2, -0.15) is 0 Å². The second-order valence-corrected chi connectivity index (χ2v) is 4.35. The molecular formula is C14H10MnO4S2. The minimum Gasteiger partial charge on any atom is -0.737 e. The van der Waals surface area contributed by atoms with Crippen LogP contribution in [-0.4, -0.2) is 20.4 Å². The van der Waals surface area contributed by atoms with Gasteiger partial charge in [0.1, 0.15) is 11.5 Å². The number of para-hydroxylation sites is 2. The van der Waals surface area contributed by atoms with Gasteiger partial charge >= 0.3 is 17.1 Å². The third-order valence-electron chi connectivity index (χ3n) is 2.25. The second kappa shape index (κ2) is 9.31. The summed E-state index contributed by atoms with van der Waals surface area (Å²) in [5.74, 6) is -0.106. The summed E-state index contributed by atoms with van der Waals surface area (Å²) in [6.07, 6.45) is 0. The predicted molar refractivity (Wildman–Crippen MR) is 79.6 cm³/mol.